The van der Waals surface area contributed by atoms with E-state index in [4.69, 9.17) is 9.47 Å². The van der Waals surface area contributed by atoms with Gasteiger partial charge in [0, 0.05) is 5.69 Å². The minimum absolute atomic E-state index is 0.248. The van der Waals surface area contributed by atoms with Crippen molar-refractivity contribution in [3.63, 3.8) is 0 Å². The predicted octanol–water partition coefficient (Wildman–Crippen LogP) is 3.41. The fraction of sp³-hybridized carbons (Fsp3) is 0.182. The van der Waals surface area contributed by atoms with E-state index in [1.165, 1.54) is 6.21 Å². The number of hydrogen-bond donors (Lipinski definition) is 2. The molecule has 30 heavy (non-hydrogen) atoms. The molecule has 3 aromatic rings. The number of hydrogen-bond acceptors (Lipinski definition) is 6. The van der Waals surface area contributed by atoms with Crippen LogP contribution in [0.2, 0.25) is 0 Å². The Morgan fingerprint density at radius 2 is 1.87 bits per heavy atom. The van der Waals surface area contributed by atoms with E-state index in [-0.39, 0.29) is 5.69 Å². The lowest BCUT2D eigenvalue weighted by molar-refractivity contribution is 0.0728. The zero-order valence-electron chi connectivity index (χ0n) is 16.9. The van der Waals surface area contributed by atoms with Gasteiger partial charge in [0.25, 0.3) is 5.91 Å². The van der Waals surface area contributed by atoms with Crippen LogP contribution in [0.4, 0.5) is 0 Å². The minimum Gasteiger partial charge on any atom is -0.490 e. The van der Waals surface area contributed by atoms with Gasteiger partial charge in [-0.25, -0.2) is 10.2 Å². The van der Waals surface area contributed by atoms with Gasteiger partial charge >= 0.3 is 5.97 Å². The van der Waals surface area contributed by atoms with Crippen molar-refractivity contribution in [1.82, 2.24) is 15.6 Å². The van der Waals surface area contributed by atoms with Gasteiger partial charge in [-0.1, -0.05) is 17.7 Å². The fourth-order valence-electron chi connectivity index (χ4n) is 2.56. The summed E-state index contributed by atoms with van der Waals surface area (Å²) in [4.78, 5) is 24.3. The summed E-state index contributed by atoms with van der Waals surface area (Å²) in [5.41, 5.74) is 5.60. The topological polar surface area (TPSA) is 106 Å². The molecule has 0 saturated heterocycles. The van der Waals surface area contributed by atoms with Crippen molar-refractivity contribution in [2.24, 2.45) is 5.10 Å². The molecule has 1 heterocycles. The number of carbonyl (C=O) groups excluding carboxylic acids is 2. The first-order valence-electron chi connectivity index (χ1n) is 9.37. The Balaban J connectivity index is 1.70. The Morgan fingerprint density at radius 3 is 2.53 bits per heavy atom. The van der Waals surface area contributed by atoms with E-state index < -0.39 is 11.9 Å². The lowest BCUT2D eigenvalue weighted by Gasteiger charge is -2.11. The maximum absolute atomic E-state index is 12.4. The molecule has 0 spiro atoms. The third kappa shape index (κ3) is 5.32. The lowest BCUT2D eigenvalue weighted by atomic mass is 10.1. The lowest BCUT2D eigenvalue weighted by Crippen LogP contribution is -2.18. The summed E-state index contributed by atoms with van der Waals surface area (Å²) in [5, 5.41) is 10.5. The summed E-state index contributed by atoms with van der Waals surface area (Å²) in [6.45, 7) is 5.97. The molecule has 0 fully saturated rings. The molecule has 0 saturated carbocycles. The highest BCUT2D eigenvalue weighted by Crippen LogP contribution is 2.29. The van der Waals surface area contributed by atoms with Crippen molar-refractivity contribution in [1.29, 1.82) is 0 Å². The van der Waals surface area contributed by atoms with Gasteiger partial charge in [-0.15, -0.1) is 0 Å². The second-order valence-electron chi connectivity index (χ2n) is 6.53. The number of H-pyrrole nitrogens is 1. The second-order valence-corrected chi connectivity index (χ2v) is 6.53. The van der Waals surface area contributed by atoms with E-state index in [0.717, 1.165) is 11.3 Å². The van der Waals surface area contributed by atoms with Gasteiger partial charge in [-0.2, -0.15) is 10.2 Å². The number of nitrogens with one attached hydrogen (secondary N) is 2. The molecule has 0 bridgehead atoms. The molecule has 1 aromatic heterocycles. The fourth-order valence-corrected chi connectivity index (χ4v) is 2.56. The van der Waals surface area contributed by atoms with E-state index >= 15 is 0 Å². The smallest absolute Gasteiger partial charge is 0.343 e. The van der Waals surface area contributed by atoms with E-state index in [9.17, 15) is 9.59 Å². The molecular weight excluding hydrogens is 384 g/mol. The standard InChI is InChI=1S/C22H22N4O4/c1-4-29-20-12-16(13-23-26-21(27)18-11-15(3)24-25-18)7-10-19(20)30-22(28)17-8-5-14(2)6-9-17/h5-13H,4H2,1-3H3,(H,24,25)(H,26,27)/b23-13+. The van der Waals surface area contributed by atoms with Crippen molar-refractivity contribution in [2.75, 3.05) is 6.61 Å². The Morgan fingerprint density at radius 1 is 1.10 bits per heavy atom. The highest BCUT2D eigenvalue weighted by atomic mass is 16.6. The molecule has 8 nitrogen and oxygen atoms in total. The average molecular weight is 406 g/mol. The first-order valence-corrected chi connectivity index (χ1v) is 9.37. The first kappa shape index (κ1) is 20.8. The van der Waals surface area contributed by atoms with Crippen LogP contribution in [0.3, 0.4) is 0 Å². The molecule has 0 atom stereocenters. The molecule has 0 aliphatic carbocycles. The number of rotatable bonds is 7. The van der Waals surface area contributed by atoms with Crippen LogP contribution in [0.15, 0.2) is 53.6 Å². The number of aromatic nitrogens is 2. The molecule has 0 aliphatic rings. The number of benzene rings is 2. The number of amides is 1. The largest absolute Gasteiger partial charge is 0.490 e. The summed E-state index contributed by atoms with van der Waals surface area (Å²) in [7, 11) is 0. The normalized spacial score (nSPS) is 10.8. The monoisotopic (exact) mass is 406 g/mol. The van der Waals surface area contributed by atoms with Crippen molar-refractivity contribution in [3.8, 4) is 11.5 Å². The number of carbonyl (C=O) groups is 2. The van der Waals surface area contributed by atoms with Crippen LogP contribution < -0.4 is 14.9 Å². The maximum Gasteiger partial charge on any atom is 0.343 e. The number of aromatic amines is 1. The average Bonchev–Trinajstić information content (AvgIpc) is 3.17. The second kappa shape index (κ2) is 9.51. The molecule has 8 heteroatoms. The summed E-state index contributed by atoms with van der Waals surface area (Å²) < 4.78 is 11.1. The maximum atomic E-state index is 12.4. The van der Waals surface area contributed by atoms with Crippen LogP contribution in [0.5, 0.6) is 11.5 Å². The summed E-state index contributed by atoms with van der Waals surface area (Å²) in [6.07, 6.45) is 1.46. The molecule has 0 aliphatic heterocycles. The van der Waals surface area contributed by atoms with E-state index in [1.807, 2.05) is 26.0 Å². The van der Waals surface area contributed by atoms with E-state index in [0.29, 0.717) is 29.2 Å². The van der Waals surface area contributed by atoms with Gasteiger partial charge in [-0.05, 0) is 62.7 Å². The minimum atomic E-state index is -0.473. The van der Waals surface area contributed by atoms with Gasteiger partial charge < -0.3 is 9.47 Å². The SMILES string of the molecule is CCOc1cc(/C=N/NC(=O)c2cc(C)[nH]n2)ccc1OC(=O)c1ccc(C)cc1. The molecule has 0 unspecified atom stereocenters. The molecule has 3 rings (SSSR count). The van der Waals surface area contributed by atoms with Crippen molar-refractivity contribution in [2.45, 2.75) is 20.8 Å². The van der Waals surface area contributed by atoms with Crippen LogP contribution in [0.25, 0.3) is 0 Å². The number of esters is 1. The first-order chi connectivity index (χ1) is 14.5. The van der Waals surface area contributed by atoms with Crippen LogP contribution >= 0.6 is 0 Å². The third-order valence-corrected chi connectivity index (χ3v) is 4.08. The van der Waals surface area contributed by atoms with Gasteiger partial charge in [0.05, 0.1) is 18.4 Å². The Hall–Kier alpha value is -3.94. The molecule has 2 N–H and O–H groups in total. The quantitative estimate of drug-likeness (QED) is 0.271. The highest BCUT2D eigenvalue weighted by Gasteiger charge is 2.13. The van der Waals surface area contributed by atoms with Crippen LogP contribution in [0, 0.1) is 13.8 Å². The zero-order chi connectivity index (χ0) is 21.5. The van der Waals surface area contributed by atoms with Gasteiger partial charge in [0.1, 0.15) is 0 Å². The predicted molar refractivity (Wildman–Crippen MR) is 112 cm³/mol. The van der Waals surface area contributed by atoms with Gasteiger partial charge in [-0.3, -0.25) is 9.89 Å². The Labute approximate surface area is 173 Å². The number of ether oxygens (including phenoxy) is 2. The van der Waals surface area contributed by atoms with Crippen molar-refractivity contribution >= 4 is 18.1 Å². The Bertz CT molecular complexity index is 1070. The molecule has 0 radical (unpaired) electrons. The number of hydrazone groups is 1. The molecule has 1 amide bonds. The Kier molecular flexibility index (Phi) is 6.59. The summed E-state index contributed by atoms with van der Waals surface area (Å²) in [6, 6.07) is 13.7. The van der Waals surface area contributed by atoms with Crippen molar-refractivity contribution in [3.05, 3.63) is 76.6 Å². The molecule has 2 aromatic carbocycles. The molecule has 154 valence electrons. The van der Waals surface area contributed by atoms with E-state index in [2.05, 4.69) is 20.7 Å². The van der Waals surface area contributed by atoms with Crippen LogP contribution in [-0.2, 0) is 0 Å². The van der Waals surface area contributed by atoms with Crippen LogP contribution in [0.1, 0.15) is 44.6 Å². The number of nitrogens with zero attached hydrogens (tertiary/aromatic N) is 2. The highest BCUT2D eigenvalue weighted by molar-refractivity contribution is 5.93. The third-order valence-electron chi connectivity index (χ3n) is 4.08. The number of aryl methyl sites for hydroxylation is 2. The van der Waals surface area contributed by atoms with Crippen LogP contribution in [-0.4, -0.2) is 34.9 Å². The summed E-state index contributed by atoms with van der Waals surface area (Å²) in [5.74, 6) is -0.199. The van der Waals surface area contributed by atoms with Gasteiger partial charge in [0.15, 0.2) is 17.2 Å². The zero-order valence-corrected chi connectivity index (χ0v) is 16.9. The molecular formula is C22H22N4O4. The van der Waals surface area contributed by atoms with E-state index in [1.54, 1.807) is 43.3 Å². The summed E-state index contributed by atoms with van der Waals surface area (Å²) >= 11 is 0. The van der Waals surface area contributed by atoms with Gasteiger partial charge in [0.2, 0.25) is 0 Å². The van der Waals surface area contributed by atoms with Crippen molar-refractivity contribution < 1.29 is 19.1 Å².